The van der Waals surface area contributed by atoms with E-state index in [0.29, 0.717) is 0 Å². The lowest BCUT2D eigenvalue weighted by Crippen LogP contribution is -2.64. The third kappa shape index (κ3) is 2.60. The average Bonchev–Trinajstić information content (AvgIpc) is 2.51. The van der Waals surface area contributed by atoms with Crippen LogP contribution < -0.4 is 11.5 Å². The SMILES string of the molecule is C[Si]1(C)CCC(c2ccccc2N)(c2ccccc2N)O[Si]1(C)C. The summed E-state index contributed by atoms with van der Waals surface area (Å²) in [5.74, 6) is 0. The van der Waals surface area contributed by atoms with E-state index in [1.807, 2.05) is 36.4 Å². The van der Waals surface area contributed by atoms with Gasteiger partial charge in [0.1, 0.15) is 5.60 Å². The van der Waals surface area contributed by atoms with Crippen LogP contribution in [-0.4, -0.2) is 15.4 Å². The van der Waals surface area contributed by atoms with Crippen LogP contribution in [0, 0.1) is 0 Å². The first-order chi connectivity index (χ1) is 11.2. The first-order valence-electron chi connectivity index (χ1n) is 8.60. The van der Waals surface area contributed by atoms with Gasteiger partial charge in [-0.25, -0.2) is 0 Å². The van der Waals surface area contributed by atoms with Crippen LogP contribution in [0.5, 0.6) is 0 Å². The van der Waals surface area contributed by atoms with Crippen molar-refractivity contribution in [2.75, 3.05) is 11.5 Å². The highest BCUT2D eigenvalue weighted by molar-refractivity contribution is 7.38. The molecule has 5 heteroatoms. The molecule has 0 unspecified atom stereocenters. The highest BCUT2D eigenvalue weighted by Crippen LogP contribution is 2.51. The van der Waals surface area contributed by atoms with E-state index in [-0.39, 0.29) is 0 Å². The zero-order valence-electron chi connectivity index (χ0n) is 15.1. The minimum Gasteiger partial charge on any atom is -0.406 e. The monoisotopic (exact) mass is 356 g/mol. The number of para-hydroxylation sites is 2. The molecule has 3 nitrogen and oxygen atoms in total. The van der Waals surface area contributed by atoms with E-state index in [4.69, 9.17) is 15.9 Å². The maximum atomic E-state index is 7.05. The molecule has 128 valence electrons. The summed E-state index contributed by atoms with van der Waals surface area (Å²) in [4.78, 5) is 0. The van der Waals surface area contributed by atoms with Gasteiger partial charge < -0.3 is 15.9 Å². The van der Waals surface area contributed by atoms with Crippen LogP contribution in [-0.2, 0) is 10.0 Å². The van der Waals surface area contributed by atoms with Crippen molar-refractivity contribution in [1.82, 2.24) is 0 Å². The van der Waals surface area contributed by atoms with Gasteiger partial charge in [0.2, 0.25) is 0 Å². The van der Waals surface area contributed by atoms with E-state index >= 15 is 0 Å². The molecule has 1 aliphatic rings. The van der Waals surface area contributed by atoms with Gasteiger partial charge in [0.15, 0.2) is 7.83 Å². The molecule has 2 aromatic rings. The van der Waals surface area contributed by atoms with Crippen LogP contribution >= 0.6 is 0 Å². The number of anilines is 2. The van der Waals surface area contributed by atoms with E-state index < -0.39 is 21.0 Å². The van der Waals surface area contributed by atoms with Gasteiger partial charge >= 0.3 is 0 Å². The molecule has 1 fully saturated rings. The molecule has 1 aliphatic heterocycles. The van der Waals surface area contributed by atoms with Gasteiger partial charge in [-0.3, -0.25) is 0 Å². The number of rotatable bonds is 2. The molecule has 0 spiro atoms. The molecule has 0 amide bonds. The standard InChI is InChI=1S/C19H28N2OSi2/c1-23(2)14-13-19(22-24(23,3)4,15-9-5-7-11-17(15)20)16-10-6-8-12-18(16)21/h5-12H,13-14,20-21H2,1-4H3. The van der Waals surface area contributed by atoms with Crippen LogP contribution in [0.15, 0.2) is 48.5 Å². The molecule has 3 rings (SSSR count). The van der Waals surface area contributed by atoms with Gasteiger partial charge in [0.05, 0.1) is 7.59 Å². The third-order valence-electron chi connectivity index (χ3n) is 5.95. The quantitative estimate of drug-likeness (QED) is 0.615. The topological polar surface area (TPSA) is 61.3 Å². The lowest BCUT2D eigenvalue weighted by Gasteiger charge is -2.53. The second-order valence-electron chi connectivity index (χ2n) is 8.00. The Labute approximate surface area is 147 Å². The Morgan fingerprint density at radius 2 is 1.29 bits per heavy atom. The molecule has 1 heterocycles. The first-order valence-corrected chi connectivity index (χ1v) is 15.7. The van der Waals surface area contributed by atoms with Gasteiger partial charge in [-0.2, -0.15) is 0 Å². The Hall–Kier alpha value is -1.57. The lowest BCUT2D eigenvalue weighted by molar-refractivity contribution is 0.0954. The van der Waals surface area contributed by atoms with E-state index in [2.05, 4.69) is 38.3 Å². The number of benzene rings is 2. The predicted octanol–water partition coefficient (Wildman–Crippen LogP) is 4.51. The van der Waals surface area contributed by atoms with Crippen LogP contribution in [0.2, 0.25) is 32.2 Å². The second kappa shape index (κ2) is 5.76. The highest BCUT2D eigenvalue weighted by Gasteiger charge is 2.55. The summed E-state index contributed by atoms with van der Waals surface area (Å²) in [7, 11) is -3.21. The summed E-state index contributed by atoms with van der Waals surface area (Å²) in [6.45, 7) is 9.66. The van der Waals surface area contributed by atoms with Crippen LogP contribution in [0.1, 0.15) is 17.5 Å². The fourth-order valence-corrected chi connectivity index (χ4v) is 10.2. The van der Waals surface area contributed by atoms with Crippen molar-refractivity contribution in [1.29, 1.82) is 0 Å². The number of nitrogen functional groups attached to an aromatic ring is 2. The summed E-state index contributed by atoms with van der Waals surface area (Å²) in [6, 6.07) is 17.4. The van der Waals surface area contributed by atoms with Crippen LogP contribution in [0.4, 0.5) is 11.4 Å². The molecule has 4 N–H and O–H groups in total. The van der Waals surface area contributed by atoms with Crippen molar-refractivity contribution in [2.45, 2.75) is 44.3 Å². The fourth-order valence-electron chi connectivity index (χ4n) is 3.67. The van der Waals surface area contributed by atoms with Crippen molar-refractivity contribution in [3.63, 3.8) is 0 Å². The van der Waals surface area contributed by atoms with Crippen molar-refractivity contribution in [3.05, 3.63) is 59.7 Å². The summed E-state index contributed by atoms with van der Waals surface area (Å²) in [5, 5.41) is 0. The van der Waals surface area contributed by atoms with Crippen LogP contribution in [0.3, 0.4) is 0 Å². The minimum atomic E-state index is -1.84. The largest absolute Gasteiger partial charge is 0.406 e. The molecule has 0 saturated carbocycles. The lowest BCUT2D eigenvalue weighted by atomic mass is 9.82. The van der Waals surface area contributed by atoms with Gasteiger partial charge in [0, 0.05) is 22.5 Å². The third-order valence-corrected chi connectivity index (χ3v) is 22.4. The van der Waals surface area contributed by atoms with Gasteiger partial charge in [0.25, 0.3) is 0 Å². The Kier molecular flexibility index (Phi) is 4.14. The van der Waals surface area contributed by atoms with Crippen molar-refractivity contribution in [2.24, 2.45) is 0 Å². The van der Waals surface area contributed by atoms with Gasteiger partial charge in [-0.1, -0.05) is 55.5 Å². The fraction of sp³-hybridized carbons (Fsp3) is 0.368. The maximum absolute atomic E-state index is 7.05. The minimum absolute atomic E-state index is 0.519. The molecule has 2 aromatic carbocycles. The second-order valence-corrected chi connectivity index (χ2v) is 23.2. The molecule has 0 atom stereocenters. The van der Waals surface area contributed by atoms with Crippen molar-refractivity contribution < 1.29 is 4.43 Å². The van der Waals surface area contributed by atoms with Crippen molar-refractivity contribution in [3.8, 4) is 0 Å². The summed E-state index contributed by atoms with van der Waals surface area (Å²) < 4.78 is 7.05. The molecule has 0 radical (unpaired) electrons. The number of hydrogen-bond donors (Lipinski definition) is 2. The Bertz CT molecular complexity index is 713. The summed E-state index contributed by atoms with van der Waals surface area (Å²) in [6.07, 6.45) is 0.949. The molecule has 0 bridgehead atoms. The Morgan fingerprint density at radius 3 is 1.71 bits per heavy atom. The summed E-state index contributed by atoms with van der Waals surface area (Å²) in [5.41, 5.74) is 15.9. The molecular formula is C19H28N2OSi2. The van der Waals surface area contributed by atoms with Gasteiger partial charge in [-0.05, 0) is 31.6 Å². The van der Waals surface area contributed by atoms with E-state index in [1.54, 1.807) is 0 Å². The number of hydrogen-bond acceptors (Lipinski definition) is 3. The van der Waals surface area contributed by atoms with Crippen LogP contribution in [0.25, 0.3) is 0 Å². The van der Waals surface area contributed by atoms with Gasteiger partial charge in [-0.15, -0.1) is 0 Å². The smallest absolute Gasteiger partial charge is 0.175 e. The zero-order chi connectivity index (χ0) is 17.6. The Balaban J connectivity index is 2.25. The predicted molar refractivity (Wildman–Crippen MR) is 108 cm³/mol. The molecule has 1 saturated heterocycles. The maximum Gasteiger partial charge on any atom is 0.175 e. The molecule has 24 heavy (non-hydrogen) atoms. The first kappa shape index (κ1) is 17.3. The van der Waals surface area contributed by atoms with E-state index in [1.165, 1.54) is 6.04 Å². The highest BCUT2D eigenvalue weighted by atomic mass is 29.3. The van der Waals surface area contributed by atoms with E-state index in [0.717, 1.165) is 28.9 Å². The molecular weight excluding hydrogens is 328 g/mol. The van der Waals surface area contributed by atoms with Crippen molar-refractivity contribution >= 4 is 26.8 Å². The van der Waals surface area contributed by atoms with E-state index in [9.17, 15) is 0 Å². The molecule has 0 aromatic heterocycles. The zero-order valence-corrected chi connectivity index (χ0v) is 17.1. The average molecular weight is 357 g/mol. The Morgan fingerprint density at radius 1 is 0.833 bits per heavy atom. The number of nitrogens with two attached hydrogens (primary N) is 2. The summed E-state index contributed by atoms with van der Waals surface area (Å²) >= 11 is 0. The normalized spacial score (nSPS) is 21.3. The molecule has 0 aliphatic carbocycles.